The van der Waals surface area contributed by atoms with E-state index in [9.17, 15) is 9.59 Å². The van der Waals surface area contributed by atoms with Crippen molar-refractivity contribution in [3.05, 3.63) is 42.0 Å². The van der Waals surface area contributed by atoms with Crippen LogP contribution in [0.2, 0.25) is 0 Å². The van der Waals surface area contributed by atoms with Crippen LogP contribution in [0.1, 0.15) is 35.2 Å². The molecule has 2 aliphatic heterocycles. The maximum Gasteiger partial charge on any atom is 0.259 e. The van der Waals surface area contributed by atoms with Gasteiger partial charge in [-0.1, -0.05) is 24.8 Å². The molecule has 3 aliphatic rings. The van der Waals surface area contributed by atoms with Crippen molar-refractivity contribution < 1.29 is 14.3 Å². The number of fused-ring (bicyclic) bond motifs is 1. The number of hydrogen-bond donors (Lipinski definition) is 0. The van der Waals surface area contributed by atoms with Gasteiger partial charge in [0, 0.05) is 41.9 Å². The summed E-state index contributed by atoms with van der Waals surface area (Å²) in [5.74, 6) is 0.319. The minimum absolute atomic E-state index is 0.0201. The fourth-order valence-electron chi connectivity index (χ4n) is 3.57. The molecule has 1 aromatic carbocycles. The average Bonchev–Trinajstić information content (AvgIpc) is 3.25. The van der Waals surface area contributed by atoms with Crippen molar-refractivity contribution in [2.45, 2.75) is 25.3 Å². The topological polar surface area (TPSA) is 49.9 Å². The van der Waals surface area contributed by atoms with E-state index < -0.39 is 0 Å². The number of carbonyl (C=O) groups excluding carboxylic acids is 2. The fraction of sp³-hybridized carbons (Fsp3) is 0.474. The summed E-state index contributed by atoms with van der Waals surface area (Å²) in [5.41, 5.74) is 2.10. The Balaban J connectivity index is 1.47. The molecule has 4 rings (SSSR count). The van der Waals surface area contributed by atoms with E-state index >= 15 is 0 Å². The number of carbonyl (C=O) groups is 2. The molecule has 1 aliphatic carbocycles. The minimum Gasteiger partial charge on any atom is -0.381 e. The maximum atomic E-state index is 12.9. The van der Waals surface area contributed by atoms with Gasteiger partial charge >= 0.3 is 0 Å². The van der Waals surface area contributed by atoms with Crippen molar-refractivity contribution in [2.24, 2.45) is 5.92 Å². The third-order valence-corrected chi connectivity index (χ3v) is 5.12. The molecular formula is C19H22N2O3. The van der Waals surface area contributed by atoms with E-state index in [1.54, 1.807) is 6.07 Å². The quantitative estimate of drug-likeness (QED) is 0.833. The van der Waals surface area contributed by atoms with Crippen LogP contribution in [0.15, 0.2) is 30.8 Å². The Morgan fingerprint density at radius 2 is 2.00 bits per heavy atom. The van der Waals surface area contributed by atoms with Crippen LogP contribution in [0.3, 0.4) is 0 Å². The summed E-state index contributed by atoms with van der Waals surface area (Å²) in [5, 5.41) is 0. The van der Waals surface area contributed by atoms with Crippen molar-refractivity contribution in [1.29, 1.82) is 0 Å². The molecule has 0 N–H and O–H groups in total. The van der Waals surface area contributed by atoms with E-state index in [1.165, 1.54) is 4.90 Å². The summed E-state index contributed by atoms with van der Waals surface area (Å²) < 4.78 is 5.43. The van der Waals surface area contributed by atoms with Crippen molar-refractivity contribution in [3.8, 4) is 0 Å². The van der Waals surface area contributed by atoms with Gasteiger partial charge in [-0.25, -0.2) is 0 Å². The lowest BCUT2D eigenvalue weighted by Crippen LogP contribution is -2.43. The van der Waals surface area contributed by atoms with Crippen LogP contribution in [-0.2, 0) is 9.53 Å². The van der Waals surface area contributed by atoms with E-state index in [1.807, 2.05) is 23.1 Å². The largest absolute Gasteiger partial charge is 0.381 e. The van der Waals surface area contributed by atoms with Crippen molar-refractivity contribution in [1.82, 2.24) is 9.80 Å². The average molecular weight is 326 g/mol. The van der Waals surface area contributed by atoms with Gasteiger partial charge < -0.3 is 9.64 Å². The Hall–Kier alpha value is -2.14. The van der Waals surface area contributed by atoms with Crippen LogP contribution in [0.4, 0.5) is 0 Å². The highest BCUT2D eigenvalue weighted by molar-refractivity contribution is 6.10. The highest BCUT2D eigenvalue weighted by Crippen LogP contribution is 2.33. The van der Waals surface area contributed by atoms with Crippen molar-refractivity contribution >= 4 is 17.5 Å². The second kappa shape index (κ2) is 6.06. The summed E-state index contributed by atoms with van der Waals surface area (Å²) in [6.07, 6.45) is 3.14. The molecule has 0 aromatic heterocycles. The van der Waals surface area contributed by atoms with Crippen LogP contribution in [0.5, 0.6) is 0 Å². The van der Waals surface area contributed by atoms with Crippen LogP contribution >= 0.6 is 0 Å². The number of rotatable bonds is 5. The molecule has 126 valence electrons. The zero-order valence-electron chi connectivity index (χ0n) is 13.7. The molecular weight excluding hydrogens is 304 g/mol. The van der Waals surface area contributed by atoms with Gasteiger partial charge in [-0.2, -0.15) is 0 Å². The normalized spacial score (nSPS) is 22.8. The number of amides is 2. The summed E-state index contributed by atoms with van der Waals surface area (Å²) in [4.78, 5) is 28.9. The molecule has 0 spiro atoms. The standard InChI is InChI=1S/C19H22N2O3/c1-13-16-4-2-3-5-17(16)19(23)20(13)11-18(22)21(15-6-7-15)10-14-8-9-24-12-14/h2-5,14-15H,1,6-12H2. The molecule has 1 aromatic rings. The van der Waals surface area contributed by atoms with Gasteiger partial charge in [-0.15, -0.1) is 0 Å². The molecule has 0 radical (unpaired) electrons. The summed E-state index contributed by atoms with van der Waals surface area (Å²) >= 11 is 0. The summed E-state index contributed by atoms with van der Waals surface area (Å²) in [6, 6.07) is 7.74. The van der Waals surface area contributed by atoms with E-state index in [-0.39, 0.29) is 18.4 Å². The van der Waals surface area contributed by atoms with Gasteiger partial charge in [0.15, 0.2) is 0 Å². The van der Waals surface area contributed by atoms with Gasteiger partial charge in [-0.05, 0) is 25.3 Å². The lowest BCUT2D eigenvalue weighted by atomic mass is 10.1. The predicted octanol–water partition coefficient (Wildman–Crippen LogP) is 2.14. The molecule has 2 fully saturated rings. The molecule has 2 heterocycles. The summed E-state index contributed by atoms with van der Waals surface area (Å²) in [6.45, 7) is 6.36. The van der Waals surface area contributed by atoms with E-state index in [0.29, 0.717) is 23.2 Å². The monoisotopic (exact) mass is 326 g/mol. The highest BCUT2D eigenvalue weighted by atomic mass is 16.5. The number of benzene rings is 1. The smallest absolute Gasteiger partial charge is 0.259 e. The van der Waals surface area contributed by atoms with Crippen LogP contribution in [0.25, 0.3) is 5.70 Å². The first-order valence-corrected chi connectivity index (χ1v) is 8.62. The lowest BCUT2D eigenvalue weighted by Gasteiger charge is -2.27. The molecule has 1 saturated carbocycles. The van der Waals surface area contributed by atoms with Gasteiger partial charge in [0.1, 0.15) is 6.54 Å². The molecule has 5 nitrogen and oxygen atoms in total. The number of nitrogens with zero attached hydrogens (tertiary/aromatic N) is 2. The first-order valence-electron chi connectivity index (χ1n) is 8.62. The van der Waals surface area contributed by atoms with Crippen molar-refractivity contribution in [2.75, 3.05) is 26.3 Å². The van der Waals surface area contributed by atoms with Crippen molar-refractivity contribution in [3.63, 3.8) is 0 Å². The van der Waals surface area contributed by atoms with E-state index in [0.717, 1.165) is 44.6 Å². The van der Waals surface area contributed by atoms with Crippen LogP contribution in [-0.4, -0.2) is 54.0 Å². The SMILES string of the molecule is C=C1c2ccccc2C(=O)N1CC(=O)N(CC1CCOC1)C1CC1. The molecule has 1 atom stereocenters. The molecule has 24 heavy (non-hydrogen) atoms. The zero-order chi connectivity index (χ0) is 16.7. The first-order chi connectivity index (χ1) is 11.6. The Morgan fingerprint density at radius 3 is 2.62 bits per heavy atom. The van der Waals surface area contributed by atoms with Gasteiger partial charge in [-0.3, -0.25) is 14.5 Å². The molecule has 0 bridgehead atoms. The summed E-state index contributed by atoms with van der Waals surface area (Å²) in [7, 11) is 0. The lowest BCUT2D eigenvalue weighted by molar-refractivity contribution is -0.132. The Kier molecular flexibility index (Phi) is 3.88. The van der Waals surface area contributed by atoms with Gasteiger partial charge in [0.2, 0.25) is 5.91 Å². The third kappa shape index (κ3) is 2.73. The minimum atomic E-state index is -0.121. The Bertz CT molecular complexity index is 655. The molecule has 1 saturated heterocycles. The fourth-order valence-corrected chi connectivity index (χ4v) is 3.57. The molecule has 1 unspecified atom stereocenters. The van der Waals surface area contributed by atoms with E-state index in [4.69, 9.17) is 4.74 Å². The molecule has 5 heteroatoms. The number of ether oxygens (including phenoxy) is 1. The van der Waals surface area contributed by atoms with E-state index in [2.05, 4.69) is 6.58 Å². The van der Waals surface area contributed by atoms with Gasteiger partial charge in [0.25, 0.3) is 5.91 Å². The Labute approximate surface area is 141 Å². The van der Waals surface area contributed by atoms with Gasteiger partial charge in [0.05, 0.1) is 6.61 Å². The van der Waals surface area contributed by atoms with Crippen LogP contribution in [0, 0.1) is 5.92 Å². The zero-order valence-corrected chi connectivity index (χ0v) is 13.7. The predicted molar refractivity (Wildman–Crippen MR) is 90.2 cm³/mol. The molecule has 2 amide bonds. The second-order valence-corrected chi connectivity index (χ2v) is 6.89. The maximum absolute atomic E-state index is 12.9. The van der Waals surface area contributed by atoms with Crippen LogP contribution < -0.4 is 0 Å². The Morgan fingerprint density at radius 1 is 1.25 bits per heavy atom. The highest BCUT2D eigenvalue weighted by Gasteiger charge is 2.38. The first kappa shape index (κ1) is 15.4. The second-order valence-electron chi connectivity index (χ2n) is 6.89. The third-order valence-electron chi connectivity index (χ3n) is 5.12. The number of hydrogen-bond acceptors (Lipinski definition) is 3.